The third-order valence-electron chi connectivity index (χ3n) is 16.2. The normalized spacial score (nSPS) is 14.9. The van der Waals surface area contributed by atoms with Crippen molar-refractivity contribution in [2.24, 2.45) is 17.4 Å². The fourth-order valence-electron chi connectivity index (χ4n) is 10.6. The van der Waals surface area contributed by atoms with Gasteiger partial charge in [-0.15, -0.1) is 0 Å². The number of guanidine groups is 2. The predicted octanol–water partition coefficient (Wildman–Crippen LogP) is -7.49. The number of aliphatic carboxylic acids is 5. The van der Waals surface area contributed by atoms with E-state index in [1.165, 1.54) is 11.8 Å². The Labute approximate surface area is 642 Å². The van der Waals surface area contributed by atoms with Gasteiger partial charge in [0.2, 0.25) is 82.7 Å². The second-order valence-electron chi connectivity index (χ2n) is 26.2. The number of carbonyl (C=O) groups is 19. The van der Waals surface area contributed by atoms with Crippen LogP contribution in [0.5, 0.6) is 0 Å². The van der Waals surface area contributed by atoms with Crippen molar-refractivity contribution in [3.8, 4) is 0 Å². The Kier molecular flexibility index (Phi) is 46.5. The van der Waals surface area contributed by atoms with Gasteiger partial charge < -0.3 is 126 Å². The summed E-state index contributed by atoms with van der Waals surface area (Å²) >= 11 is 1.16. The summed E-state index contributed by atoms with van der Waals surface area (Å²) in [6.45, 7) is 5.52. The van der Waals surface area contributed by atoms with Gasteiger partial charge >= 0.3 is 29.8 Å². The van der Waals surface area contributed by atoms with Crippen molar-refractivity contribution < 1.29 is 121 Å². The minimum Gasteiger partial charge on any atom is -0.481 e. The number of carboxylic acid groups (broad SMARTS) is 5. The number of carboxylic acids is 5. The molecule has 1 aliphatic heterocycles. The van der Waals surface area contributed by atoms with Crippen molar-refractivity contribution in [2.75, 3.05) is 64.5 Å². The molecule has 1 fully saturated rings. The predicted molar refractivity (Wildman–Crippen MR) is 391 cm³/mol. The van der Waals surface area contributed by atoms with Gasteiger partial charge in [-0.3, -0.25) is 102 Å². The molecule has 0 aliphatic carbocycles. The van der Waals surface area contributed by atoms with E-state index in [2.05, 4.69) is 79.8 Å². The van der Waals surface area contributed by atoms with Crippen LogP contribution in [0, 0.1) is 16.7 Å². The standard InChI is InChI=1S/C65H108N20O25S/c1-33(2)28-43(56(102)74-30-47(88)79-44(32-111-6)62(108)76-35(4)54(100)73-29-46(87)78-37(11-8-24-72-65(68)69)57(103)75-34(3)10-7-23-71-64(66)67)84-63(109)45-12-9-26-85(45)48(89)31-110-27-25-70-55(101)38(13-18-49(90)91)80-59(105)40(15-20-51(94)95)82-61(107)42(17-22-53(98)99)83-60(106)41(16-21-52(96)97)81-58(104)39(77-36(5)86)14-19-50(92)93/h33-35,37-45H,7-32H2,1-6H3,(H,70,101)(H,73,100)(H,74,102)(H,75,103)(H,76,108)(H,77,86)(H,78,87)(H,79,88)(H,80,105)(H,81,104)(H,82,107)(H,83,106)(H,84,109)(H,90,91)(H,92,93)(H,94,95)(H,96,97)(H,98,99)(H4,66,67,71)(H4,68,69,72)/t34-,35-,37+,38+,39+,40+,41+,42+,43-,44-,45-/m0/s1. The van der Waals surface area contributed by atoms with Crippen molar-refractivity contribution in [3.05, 3.63) is 0 Å². The Bertz CT molecular complexity index is 3280. The van der Waals surface area contributed by atoms with Crippen LogP contribution in [0.15, 0.2) is 0 Å². The molecule has 0 aromatic heterocycles. The molecule has 46 heteroatoms. The fourth-order valence-corrected chi connectivity index (χ4v) is 11.2. The van der Waals surface area contributed by atoms with E-state index in [1.807, 2.05) is 0 Å². The summed E-state index contributed by atoms with van der Waals surface area (Å²) in [6.07, 6.45) is -3.41. The SMILES string of the molecule is CSC[C@H](NC(=O)CNC(=O)[C@H](CC(C)C)NC(=O)[C@@H]1CCCN1C(=O)COCCNC(=O)[C@@H](CCC(=O)O)NC(=O)[C@@H](CCC(=O)O)NC(=O)[C@@H](CCC(=O)O)NC(=O)[C@@H](CCC(=O)O)NC(=O)[C@@H](CCC(=O)O)NC(C)=O)C(=O)N[C@@H](C)C(=O)NCC(=O)N[C@H](CCCNC(=N)N)C(=O)N[C@@H](C)CCCNC(=N)N. The Morgan fingerprint density at radius 3 is 1.26 bits per heavy atom. The van der Waals surface area contributed by atoms with E-state index >= 15 is 0 Å². The second kappa shape index (κ2) is 52.8. The van der Waals surface area contributed by atoms with Crippen molar-refractivity contribution in [1.29, 1.82) is 10.8 Å². The number of rotatable bonds is 56. The molecule has 0 radical (unpaired) electrons. The van der Waals surface area contributed by atoms with E-state index in [4.69, 9.17) is 32.1 Å². The number of likely N-dealkylation sites (tertiary alicyclic amines) is 1. The lowest BCUT2D eigenvalue weighted by Crippen LogP contribution is -2.59. The molecule has 0 saturated carbocycles. The number of thioether (sulfide) groups is 1. The molecule has 624 valence electrons. The molecule has 0 unspecified atom stereocenters. The molecule has 0 spiro atoms. The smallest absolute Gasteiger partial charge is 0.303 e. The molecule has 0 bridgehead atoms. The van der Waals surface area contributed by atoms with Crippen LogP contribution >= 0.6 is 11.8 Å². The monoisotopic (exact) mass is 1600 g/mol. The van der Waals surface area contributed by atoms with E-state index in [1.54, 1.807) is 27.0 Å². The summed E-state index contributed by atoms with van der Waals surface area (Å²) in [7, 11) is 0. The lowest BCUT2D eigenvalue weighted by atomic mass is 10.0. The summed E-state index contributed by atoms with van der Waals surface area (Å²) < 4.78 is 5.50. The molecular weight excluding hydrogens is 1490 g/mol. The molecular formula is C65H108N20O25S. The van der Waals surface area contributed by atoms with Gasteiger partial charge in [-0.1, -0.05) is 13.8 Å². The van der Waals surface area contributed by atoms with E-state index in [-0.39, 0.29) is 62.0 Å². The Morgan fingerprint density at radius 1 is 0.450 bits per heavy atom. The quantitative estimate of drug-likeness (QED) is 0.0153. The lowest BCUT2D eigenvalue weighted by Gasteiger charge is -2.27. The molecule has 1 aliphatic rings. The maximum absolute atomic E-state index is 13.9. The second-order valence-corrected chi connectivity index (χ2v) is 27.1. The third-order valence-corrected chi connectivity index (χ3v) is 16.9. The van der Waals surface area contributed by atoms with E-state index in [0.29, 0.717) is 32.2 Å². The third kappa shape index (κ3) is 42.9. The van der Waals surface area contributed by atoms with Crippen molar-refractivity contribution in [1.82, 2.24) is 84.7 Å². The highest BCUT2D eigenvalue weighted by Gasteiger charge is 2.38. The highest BCUT2D eigenvalue weighted by molar-refractivity contribution is 7.98. The maximum atomic E-state index is 13.9. The molecule has 111 heavy (non-hydrogen) atoms. The molecule has 45 nitrogen and oxygen atoms in total. The molecule has 0 aromatic rings. The Hall–Kier alpha value is -11.2. The zero-order valence-corrected chi connectivity index (χ0v) is 63.5. The van der Waals surface area contributed by atoms with Crippen molar-refractivity contribution >= 4 is 136 Å². The van der Waals surface area contributed by atoms with Gasteiger partial charge in [-0.05, 0) is 103 Å². The minimum atomic E-state index is -1.93. The van der Waals surface area contributed by atoms with Crippen molar-refractivity contribution in [3.63, 3.8) is 0 Å². The van der Waals surface area contributed by atoms with Crippen LogP contribution in [0.2, 0.25) is 0 Å². The average molecular weight is 1600 g/mol. The summed E-state index contributed by atoms with van der Waals surface area (Å²) in [5, 5.41) is 98.1. The van der Waals surface area contributed by atoms with E-state index in [0.717, 1.165) is 18.7 Å². The van der Waals surface area contributed by atoms with Gasteiger partial charge in [-0.2, -0.15) is 11.8 Å². The fraction of sp³-hybridized carbons (Fsp3) is 0.677. The van der Waals surface area contributed by atoms with Gasteiger partial charge in [0.25, 0.3) is 0 Å². The van der Waals surface area contributed by atoms with Crippen LogP contribution in [0.3, 0.4) is 0 Å². The highest BCUT2D eigenvalue weighted by Crippen LogP contribution is 2.19. The van der Waals surface area contributed by atoms with Crippen LogP contribution in [0.25, 0.3) is 0 Å². The van der Waals surface area contributed by atoms with Crippen molar-refractivity contribution in [2.45, 2.75) is 210 Å². The topological polar surface area (TPSA) is 718 Å². The number of carbonyl (C=O) groups excluding carboxylic acids is 14. The summed E-state index contributed by atoms with van der Waals surface area (Å²) in [6, 6.07) is -15.2. The number of nitrogens with one attached hydrogen (secondary N) is 17. The lowest BCUT2D eigenvalue weighted by molar-refractivity contribution is -0.142. The average Bonchev–Trinajstić information content (AvgIpc) is 1.76. The first kappa shape index (κ1) is 97.8. The first-order chi connectivity index (χ1) is 52.1. The molecule has 26 N–H and O–H groups in total. The van der Waals surface area contributed by atoms with Gasteiger partial charge in [0.15, 0.2) is 11.9 Å². The number of nitrogens with zero attached hydrogens (tertiary/aromatic N) is 1. The first-order valence-electron chi connectivity index (χ1n) is 35.6. The van der Waals surface area contributed by atoms with E-state index in [9.17, 15) is 112 Å². The molecule has 14 amide bonds. The first-order valence-corrected chi connectivity index (χ1v) is 37.0. The van der Waals surface area contributed by atoms with Crippen LogP contribution in [-0.2, 0) is 95.8 Å². The maximum Gasteiger partial charge on any atom is 0.303 e. The minimum absolute atomic E-state index is 0.000299. The largest absolute Gasteiger partial charge is 0.481 e. The zero-order valence-electron chi connectivity index (χ0n) is 62.7. The molecule has 1 saturated heterocycles. The summed E-state index contributed by atoms with van der Waals surface area (Å²) in [5.41, 5.74) is 10.7. The molecule has 1 heterocycles. The molecule has 1 rings (SSSR count). The number of ether oxygens (including phenoxy) is 1. The van der Waals surface area contributed by atoms with Crippen LogP contribution in [0.1, 0.15) is 144 Å². The van der Waals surface area contributed by atoms with Gasteiger partial charge in [0.1, 0.15) is 67.0 Å². The van der Waals surface area contributed by atoms with Crippen LogP contribution < -0.4 is 91.2 Å². The summed E-state index contributed by atoms with van der Waals surface area (Å²) in [4.78, 5) is 246. The molecule has 0 aromatic carbocycles. The van der Waals surface area contributed by atoms with E-state index < -0.39 is 270 Å². The zero-order chi connectivity index (χ0) is 84.0. The molecule has 11 atom stereocenters. The Morgan fingerprint density at radius 2 is 0.838 bits per heavy atom. The van der Waals surface area contributed by atoms with Gasteiger partial charge in [0.05, 0.1) is 19.7 Å². The van der Waals surface area contributed by atoms with Gasteiger partial charge in [0, 0.05) is 77.0 Å². The van der Waals surface area contributed by atoms with Crippen LogP contribution in [0.4, 0.5) is 0 Å². The Balaban J connectivity index is 3.07. The number of nitrogens with two attached hydrogens (primary N) is 2. The number of hydrogen-bond acceptors (Lipinski definition) is 23. The highest BCUT2D eigenvalue weighted by atomic mass is 32.2. The van der Waals surface area contributed by atoms with Crippen LogP contribution in [-0.4, -0.2) is 286 Å². The number of hydrogen-bond donors (Lipinski definition) is 24. The van der Waals surface area contributed by atoms with Gasteiger partial charge in [-0.25, -0.2) is 0 Å². The number of amides is 14. The summed E-state index contributed by atoms with van der Waals surface area (Å²) in [5.74, 6) is -20.8.